The summed E-state index contributed by atoms with van der Waals surface area (Å²) in [7, 11) is 3.42. The first-order valence-electron chi connectivity index (χ1n) is 11.7. The van der Waals surface area contributed by atoms with Gasteiger partial charge in [-0.1, -0.05) is 82.7 Å². The van der Waals surface area contributed by atoms with Gasteiger partial charge in [-0.15, -0.1) is 0 Å². The summed E-state index contributed by atoms with van der Waals surface area (Å²) in [5.41, 5.74) is 5.27. The Morgan fingerprint density at radius 2 is 1.37 bits per heavy atom. The van der Waals surface area contributed by atoms with E-state index in [2.05, 4.69) is 44.2 Å². The highest BCUT2D eigenvalue weighted by Crippen LogP contribution is 2.27. The van der Waals surface area contributed by atoms with Crippen molar-refractivity contribution in [1.29, 1.82) is 0 Å². The molecule has 0 radical (unpaired) electrons. The summed E-state index contributed by atoms with van der Waals surface area (Å²) >= 11 is 0. The summed E-state index contributed by atoms with van der Waals surface area (Å²) < 4.78 is 10.9. The van der Waals surface area contributed by atoms with Gasteiger partial charge in [-0.05, 0) is 60.6 Å². The van der Waals surface area contributed by atoms with E-state index in [1.807, 2.05) is 18.2 Å². The van der Waals surface area contributed by atoms with Crippen molar-refractivity contribution in [3.63, 3.8) is 0 Å². The Kier molecular flexibility index (Phi) is 11.1. The molecule has 0 aliphatic rings. The van der Waals surface area contributed by atoms with Gasteiger partial charge in [-0.25, -0.2) is 0 Å². The van der Waals surface area contributed by atoms with Crippen molar-refractivity contribution in [3.05, 3.63) is 58.7 Å². The van der Waals surface area contributed by atoms with Gasteiger partial charge >= 0.3 is 0 Å². The fraction of sp³-hybridized carbons (Fsp3) is 0.500. The molecule has 0 N–H and O–H groups in total. The van der Waals surface area contributed by atoms with Crippen LogP contribution in [0.3, 0.4) is 0 Å². The van der Waals surface area contributed by atoms with E-state index in [4.69, 9.17) is 9.47 Å². The SMILES string of the molecule is CCCCCCc1ccc(CCCCCC)c(/C=C/c2cc(OC)ccc2OC)c1. The summed E-state index contributed by atoms with van der Waals surface area (Å²) in [6.07, 6.45) is 17.1. The van der Waals surface area contributed by atoms with Gasteiger partial charge in [-0.2, -0.15) is 0 Å². The van der Waals surface area contributed by atoms with E-state index < -0.39 is 0 Å². The molecule has 0 aromatic heterocycles. The molecule has 2 aromatic carbocycles. The molecule has 0 aliphatic carbocycles. The quantitative estimate of drug-likeness (QED) is 0.232. The minimum absolute atomic E-state index is 0.847. The van der Waals surface area contributed by atoms with Gasteiger partial charge in [0, 0.05) is 5.56 Å². The van der Waals surface area contributed by atoms with Crippen molar-refractivity contribution in [2.24, 2.45) is 0 Å². The predicted molar refractivity (Wildman–Crippen MR) is 131 cm³/mol. The first-order chi connectivity index (χ1) is 14.7. The maximum Gasteiger partial charge on any atom is 0.126 e. The fourth-order valence-electron chi connectivity index (χ4n) is 3.83. The molecule has 0 fully saturated rings. The lowest BCUT2D eigenvalue weighted by Gasteiger charge is -2.11. The Labute approximate surface area is 184 Å². The molecule has 2 heteroatoms. The average Bonchev–Trinajstić information content (AvgIpc) is 2.78. The van der Waals surface area contributed by atoms with Gasteiger partial charge in [0.25, 0.3) is 0 Å². The van der Waals surface area contributed by atoms with Crippen molar-refractivity contribution in [2.75, 3.05) is 14.2 Å². The summed E-state index contributed by atoms with van der Waals surface area (Å²) in [5.74, 6) is 1.71. The Morgan fingerprint density at radius 3 is 2.03 bits per heavy atom. The first kappa shape index (κ1) is 24.1. The molecule has 2 nitrogen and oxygen atoms in total. The van der Waals surface area contributed by atoms with E-state index in [0.29, 0.717) is 0 Å². The Bertz CT molecular complexity index is 776. The van der Waals surface area contributed by atoms with Crippen LogP contribution in [0.2, 0.25) is 0 Å². The monoisotopic (exact) mass is 408 g/mol. The van der Waals surface area contributed by atoms with Gasteiger partial charge in [0.2, 0.25) is 0 Å². The second kappa shape index (κ2) is 13.9. The molecule has 2 aromatic rings. The molecular formula is C28H40O2. The van der Waals surface area contributed by atoms with Gasteiger partial charge in [-0.3, -0.25) is 0 Å². The molecule has 30 heavy (non-hydrogen) atoms. The number of benzene rings is 2. The maximum absolute atomic E-state index is 5.55. The van der Waals surface area contributed by atoms with E-state index in [-0.39, 0.29) is 0 Å². The van der Waals surface area contributed by atoms with Crippen molar-refractivity contribution >= 4 is 12.2 Å². The number of rotatable bonds is 14. The van der Waals surface area contributed by atoms with Crippen molar-refractivity contribution in [1.82, 2.24) is 0 Å². The van der Waals surface area contributed by atoms with Crippen LogP contribution in [0.5, 0.6) is 11.5 Å². The first-order valence-corrected chi connectivity index (χ1v) is 11.7. The molecule has 0 atom stereocenters. The van der Waals surface area contributed by atoms with E-state index >= 15 is 0 Å². The smallest absolute Gasteiger partial charge is 0.126 e. The Balaban J connectivity index is 2.23. The zero-order valence-corrected chi connectivity index (χ0v) is 19.5. The molecule has 0 amide bonds. The third-order valence-corrected chi connectivity index (χ3v) is 5.71. The van der Waals surface area contributed by atoms with Crippen molar-refractivity contribution in [3.8, 4) is 11.5 Å². The van der Waals surface area contributed by atoms with E-state index in [1.54, 1.807) is 14.2 Å². The van der Waals surface area contributed by atoms with Crippen LogP contribution in [0, 0.1) is 0 Å². The molecule has 0 aliphatic heterocycles. The van der Waals surface area contributed by atoms with Gasteiger partial charge in [0.15, 0.2) is 0 Å². The van der Waals surface area contributed by atoms with Gasteiger partial charge in [0.05, 0.1) is 14.2 Å². The number of methoxy groups -OCH3 is 2. The topological polar surface area (TPSA) is 18.5 Å². The molecule has 164 valence electrons. The number of ether oxygens (including phenoxy) is 2. The Morgan fingerprint density at radius 1 is 0.667 bits per heavy atom. The summed E-state index contributed by atoms with van der Waals surface area (Å²) in [6, 6.07) is 13.0. The van der Waals surface area contributed by atoms with Crippen LogP contribution in [0.15, 0.2) is 36.4 Å². The Hall–Kier alpha value is -2.22. The minimum atomic E-state index is 0.847. The molecule has 0 heterocycles. The van der Waals surface area contributed by atoms with Crippen LogP contribution >= 0.6 is 0 Å². The molecule has 0 bridgehead atoms. The molecule has 2 rings (SSSR count). The summed E-state index contributed by atoms with van der Waals surface area (Å²) in [5, 5.41) is 0. The lowest BCUT2D eigenvalue weighted by atomic mass is 9.95. The maximum atomic E-state index is 5.55. The largest absolute Gasteiger partial charge is 0.497 e. The van der Waals surface area contributed by atoms with Crippen LogP contribution < -0.4 is 9.47 Å². The molecular weight excluding hydrogens is 368 g/mol. The van der Waals surface area contributed by atoms with Crippen LogP contribution in [-0.2, 0) is 12.8 Å². The standard InChI is InChI=1S/C28H40O2/c1-5-7-9-11-13-23-15-16-24(14-12-10-8-6-2)25(21-23)17-18-26-22-27(29-3)19-20-28(26)30-4/h15-22H,5-14H2,1-4H3/b18-17+. The second-order valence-corrected chi connectivity index (χ2v) is 8.10. The van der Waals surface area contributed by atoms with Gasteiger partial charge in [0.1, 0.15) is 11.5 Å². The highest BCUT2D eigenvalue weighted by atomic mass is 16.5. The molecule has 0 unspecified atom stereocenters. The summed E-state index contributed by atoms with van der Waals surface area (Å²) in [4.78, 5) is 0. The van der Waals surface area contributed by atoms with Crippen LogP contribution in [0.1, 0.15) is 87.5 Å². The molecule has 0 spiro atoms. The lowest BCUT2D eigenvalue weighted by molar-refractivity contribution is 0.402. The third-order valence-electron chi connectivity index (χ3n) is 5.71. The number of unbranched alkanes of at least 4 members (excludes halogenated alkanes) is 6. The average molecular weight is 409 g/mol. The number of hydrogen-bond donors (Lipinski definition) is 0. The van der Waals surface area contributed by atoms with E-state index in [1.165, 1.54) is 74.5 Å². The van der Waals surface area contributed by atoms with Crippen LogP contribution in [0.25, 0.3) is 12.2 Å². The van der Waals surface area contributed by atoms with Crippen LogP contribution in [0.4, 0.5) is 0 Å². The van der Waals surface area contributed by atoms with Crippen LogP contribution in [-0.4, -0.2) is 14.2 Å². The predicted octanol–water partition coefficient (Wildman–Crippen LogP) is 8.12. The highest BCUT2D eigenvalue weighted by Gasteiger charge is 2.05. The zero-order chi connectivity index (χ0) is 21.6. The zero-order valence-electron chi connectivity index (χ0n) is 19.5. The van der Waals surface area contributed by atoms with Gasteiger partial charge < -0.3 is 9.47 Å². The normalized spacial score (nSPS) is 11.2. The summed E-state index contributed by atoms with van der Waals surface area (Å²) in [6.45, 7) is 4.53. The van der Waals surface area contributed by atoms with Crippen molar-refractivity contribution in [2.45, 2.75) is 78.1 Å². The number of aryl methyl sites for hydroxylation is 2. The number of hydrogen-bond acceptors (Lipinski definition) is 2. The third kappa shape index (κ3) is 7.89. The fourth-order valence-corrected chi connectivity index (χ4v) is 3.83. The van der Waals surface area contributed by atoms with Crippen molar-refractivity contribution < 1.29 is 9.47 Å². The molecule has 0 saturated heterocycles. The van der Waals surface area contributed by atoms with E-state index in [0.717, 1.165) is 23.5 Å². The highest BCUT2D eigenvalue weighted by molar-refractivity contribution is 5.74. The van der Waals surface area contributed by atoms with E-state index in [9.17, 15) is 0 Å². The molecule has 0 saturated carbocycles. The lowest BCUT2D eigenvalue weighted by Crippen LogP contribution is -1.94. The minimum Gasteiger partial charge on any atom is -0.497 e. The second-order valence-electron chi connectivity index (χ2n) is 8.10.